The monoisotopic (exact) mass is 322 g/mol. The van der Waals surface area contributed by atoms with Crippen LogP contribution in [0.4, 0.5) is 0 Å². The third-order valence-corrected chi connectivity index (χ3v) is 5.67. The molecule has 0 amide bonds. The molecule has 0 atom stereocenters. The van der Waals surface area contributed by atoms with Gasteiger partial charge >= 0.3 is 0 Å². The maximum atomic E-state index is 12.4. The molecule has 1 aromatic rings. The van der Waals surface area contributed by atoms with Crippen LogP contribution in [-0.2, 0) is 10.0 Å². The molecule has 0 spiro atoms. The molecule has 1 aliphatic rings. The van der Waals surface area contributed by atoms with Crippen LogP contribution in [0.1, 0.15) is 25.5 Å². The zero-order chi connectivity index (χ0) is 13.9. The smallest absolute Gasteiger partial charge is 0.246 e. The van der Waals surface area contributed by atoms with Gasteiger partial charge in [0, 0.05) is 13.1 Å². The Balaban J connectivity index is 0.00000200. The molecule has 6 nitrogen and oxygen atoms in total. The fourth-order valence-electron chi connectivity index (χ4n) is 2.44. The summed E-state index contributed by atoms with van der Waals surface area (Å²) >= 11 is 0. The Morgan fingerprint density at radius 2 is 2.10 bits per heavy atom. The molecule has 0 aromatic carbocycles. The van der Waals surface area contributed by atoms with E-state index in [1.165, 1.54) is 6.20 Å². The fourth-order valence-corrected chi connectivity index (χ4v) is 4.03. The summed E-state index contributed by atoms with van der Waals surface area (Å²) in [5, 5.41) is 9.81. The number of piperidine rings is 1. The second kappa shape index (κ2) is 7.40. The van der Waals surface area contributed by atoms with E-state index in [2.05, 4.69) is 22.4 Å². The minimum absolute atomic E-state index is 0. The number of aryl methyl sites for hydroxylation is 1. The van der Waals surface area contributed by atoms with Gasteiger partial charge in [0.2, 0.25) is 10.0 Å². The van der Waals surface area contributed by atoms with Crippen molar-refractivity contribution in [3.63, 3.8) is 0 Å². The quantitative estimate of drug-likeness (QED) is 0.852. The molecule has 2 rings (SSSR count). The number of aromatic amines is 1. The van der Waals surface area contributed by atoms with Crippen molar-refractivity contribution >= 4 is 22.4 Å². The van der Waals surface area contributed by atoms with Crippen LogP contribution >= 0.6 is 12.4 Å². The van der Waals surface area contributed by atoms with Crippen LogP contribution in [0.2, 0.25) is 0 Å². The highest BCUT2D eigenvalue weighted by Gasteiger charge is 2.30. The molecule has 0 radical (unpaired) electrons. The number of nitrogens with one attached hydrogen (secondary N) is 2. The van der Waals surface area contributed by atoms with Crippen LogP contribution in [0, 0.1) is 12.8 Å². The molecule has 0 bridgehead atoms. The van der Waals surface area contributed by atoms with Gasteiger partial charge in [-0.1, -0.05) is 6.92 Å². The number of rotatable bonds is 5. The molecular weight excluding hydrogens is 300 g/mol. The van der Waals surface area contributed by atoms with Crippen molar-refractivity contribution in [2.24, 2.45) is 5.92 Å². The minimum Gasteiger partial charge on any atom is -0.317 e. The van der Waals surface area contributed by atoms with E-state index in [-0.39, 0.29) is 12.4 Å². The summed E-state index contributed by atoms with van der Waals surface area (Å²) in [7, 11) is -3.37. The molecule has 1 fully saturated rings. The zero-order valence-electron chi connectivity index (χ0n) is 11.9. The Labute approximate surface area is 126 Å². The summed E-state index contributed by atoms with van der Waals surface area (Å²) in [5.74, 6) is 0.580. The third kappa shape index (κ3) is 3.72. The van der Waals surface area contributed by atoms with Crippen molar-refractivity contribution in [3.8, 4) is 0 Å². The first-order valence-electron chi connectivity index (χ1n) is 6.76. The van der Waals surface area contributed by atoms with E-state index in [0.29, 0.717) is 29.6 Å². The minimum atomic E-state index is -3.37. The lowest BCUT2D eigenvalue weighted by Crippen LogP contribution is -2.40. The molecule has 20 heavy (non-hydrogen) atoms. The maximum absolute atomic E-state index is 12.4. The van der Waals surface area contributed by atoms with Crippen molar-refractivity contribution in [2.75, 3.05) is 26.2 Å². The van der Waals surface area contributed by atoms with E-state index in [4.69, 9.17) is 0 Å². The first-order chi connectivity index (χ1) is 9.05. The van der Waals surface area contributed by atoms with Crippen molar-refractivity contribution in [1.82, 2.24) is 19.8 Å². The Bertz CT molecular complexity index is 509. The molecule has 116 valence electrons. The van der Waals surface area contributed by atoms with Gasteiger partial charge in [-0.25, -0.2) is 8.42 Å². The molecule has 2 N–H and O–H groups in total. The van der Waals surface area contributed by atoms with Gasteiger partial charge in [-0.2, -0.15) is 9.40 Å². The number of hydrogen-bond donors (Lipinski definition) is 2. The summed E-state index contributed by atoms with van der Waals surface area (Å²) in [6.07, 6.45) is 3.24. The molecule has 0 unspecified atom stereocenters. The molecule has 1 aromatic heterocycles. The van der Waals surface area contributed by atoms with E-state index in [1.807, 2.05) is 0 Å². The normalized spacial score (nSPS) is 17.9. The zero-order valence-corrected chi connectivity index (χ0v) is 13.6. The maximum Gasteiger partial charge on any atom is 0.246 e. The lowest BCUT2D eigenvalue weighted by Gasteiger charge is -2.31. The van der Waals surface area contributed by atoms with Gasteiger partial charge < -0.3 is 5.32 Å². The first kappa shape index (κ1) is 17.4. The highest BCUT2D eigenvalue weighted by molar-refractivity contribution is 7.89. The number of aromatic nitrogens is 2. The molecule has 1 saturated heterocycles. The number of hydrogen-bond acceptors (Lipinski definition) is 4. The van der Waals surface area contributed by atoms with E-state index >= 15 is 0 Å². The number of H-pyrrole nitrogens is 1. The van der Waals surface area contributed by atoms with Gasteiger partial charge in [0.05, 0.1) is 11.9 Å². The second-order valence-corrected chi connectivity index (χ2v) is 6.92. The Kier molecular flexibility index (Phi) is 6.44. The molecule has 8 heteroatoms. The predicted molar refractivity (Wildman–Crippen MR) is 80.6 cm³/mol. The summed E-state index contributed by atoms with van der Waals surface area (Å²) in [6.45, 7) is 6.97. The summed E-state index contributed by atoms with van der Waals surface area (Å²) in [4.78, 5) is 0.303. The van der Waals surface area contributed by atoms with Crippen molar-refractivity contribution in [3.05, 3.63) is 11.9 Å². The second-order valence-electron chi connectivity index (χ2n) is 5.01. The molecular formula is C12H23ClN4O2S. The standard InChI is InChI=1S/C12H22N4O2S.ClH/c1-3-13-8-11-4-6-16(7-5-11)19(17,18)12-9-14-15-10(12)2;/h9,11,13H,3-8H2,1-2H3,(H,14,15);1H. The van der Waals surface area contributed by atoms with Crippen LogP contribution in [0.5, 0.6) is 0 Å². The van der Waals surface area contributed by atoms with Crippen LogP contribution in [0.15, 0.2) is 11.1 Å². The van der Waals surface area contributed by atoms with Gasteiger partial charge in [-0.15, -0.1) is 12.4 Å². The van der Waals surface area contributed by atoms with Gasteiger partial charge in [-0.3, -0.25) is 5.10 Å². The average molecular weight is 323 g/mol. The Hall–Kier alpha value is -0.630. The molecule has 2 heterocycles. The molecule has 0 saturated carbocycles. The summed E-state index contributed by atoms with van der Waals surface area (Å²) in [6, 6.07) is 0. The summed E-state index contributed by atoms with van der Waals surface area (Å²) in [5.41, 5.74) is 0.606. The topological polar surface area (TPSA) is 78.1 Å². The van der Waals surface area contributed by atoms with Gasteiger partial charge in [0.1, 0.15) is 4.90 Å². The fraction of sp³-hybridized carbons (Fsp3) is 0.750. The number of nitrogens with zero attached hydrogens (tertiary/aromatic N) is 2. The highest BCUT2D eigenvalue weighted by atomic mass is 35.5. The number of sulfonamides is 1. The lowest BCUT2D eigenvalue weighted by atomic mass is 9.98. The van der Waals surface area contributed by atoms with Crippen LogP contribution in [0.25, 0.3) is 0 Å². The number of halogens is 1. The largest absolute Gasteiger partial charge is 0.317 e. The third-order valence-electron chi connectivity index (χ3n) is 3.66. The van der Waals surface area contributed by atoms with Gasteiger partial charge in [0.15, 0.2) is 0 Å². The van der Waals surface area contributed by atoms with Crippen LogP contribution in [0.3, 0.4) is 0 Å². The van der Waals surface area contributed by atoms with E-state index < -0.39 is 10.0 Å². The summed E-state index contributed by atoms with van der Waals surface area (Å²) < 4.78 is 26.5. The van der Waals surface area contributed by atoms with Crippen LogP contribution < -0.4 is 5.32 Å². The average Bonchev–Trinajstić information content (AvgIpc) is 2.84. The van der Waals surface area contributed by atoms with Crippen molar-refractivity contribution in [1.29, 1.82) is 0 Å². The van der Waals surface area contributed by atoms with E-state index in [0.717, 1.165) is 25.9 Å². The lowest BCUT2D eigenvalue weighted by molar-refractivity contribution is 0.268. The Morgan fingerprint density at radius 3 is 2.60 bits per heavy atom. The van der Waals surface area contributed by atoms with E-state index in [1.54, 1.807) is 11.2 Å². The predicted octanol–water partition coefficient (Wildman–Crippen LogP) is 1.15. The Morgan fingerprint density at radius 1 is 1.45 bits per heavy atom. The van der Waals surface area contributed by atoms with Crippen LogP contribution in [-0.4, -0.2) is 49.1 Å². The van der Waals surface area contributed by atoms with Gasteiger partial charge in [-0.05, 0) is 38.8 Å². The molecule has 0 aliphatic carbocycles. The highest BCUT2D eigenvalue weighted by Crippen LogP contribution is 2.24. The van der Waals surface area contributed by atoms with Crippen molar-refractivity contribution < 1.29 is 8.42 Å². The van der Waals surface area contributed by atoms with Crippen molar-refractivity contribution in [2.45, 2.75) is 31.6 Å². The molecule has 1 aliphatic heterocycles. The SMILES string of the molecule is CCNCC1CCN(S(=O)(=O)c2cn[nH]c2C)CC1.Cl. The van der Waals surface area contributed by atoms with E-state index in [9.17, 15) is 8.42 Å². The first-order valence-corrected chi connectivity index (χ1v) is 8.20. The van der Waals surface area contributed by atoms with Gasteiger partial charge in [0.25, 0.3) is 0 Å².